The smallest absolute Gasteiger partial charge is 0.416 e. The zero-order valence-electron chi connectivity index (χ0n) is 10.0. The normalized spacial score (nSPS) is 10.7. The van der Waals surface area contributed by atoms with E-state index < -0.39 is 17.7 Å². The number of hydrogen-bond donors (Lipinski definition) is 1. The second-order valence-electron chi connectivity index (χ2n) is 3.62. The number of hydrogen-bond acceptors (Lipinski definition) is 4. The highest BCUT2D eigenvalue weighted by atomic mass is 19.4. The van der Waals surface area contributed by atoms with Crippen LogP contribution in [-0.4, -0.2) is 19.6 Å². The van der Waals surface area contributed by atoms with Gasteiger partial charge in [-0.15, -0.1) is 0 Å². The lowest BCUT2D eigenvalue weighted by Gasteiger charge is -2.11. The molecule has 7 heteroatoms. The molecule has 1 N–H and O–H groups in total. The molecule has 4 nitrogen and oxygen atoms in total. The highest BCUT2D eigenvalue weighted by Gasteiger charge is 2.31. The maximum Gasteiger partial charge on any atom is 0.416 e. The summed E-state index contributed by atoms with van der Waals surface area (Å²) in [5, 5.41) is 11.5. The second-order valence-corrected chi connectivity index (χ2v) is 3.62. The van der Waals surface area contributed by atoms with Crippen LogP contribution in [0.4, 0.5) is 18.9 Å². The van der Waals surface area contributed by atoms with Gasteiger partial charge in [-0.25, -0.2) is 0 Å². The molecule has 0 aliphatic carbocycles. The first kappa shape index (κ1) is 14.8. The molecule has 0 aromatic heterocycles. The van der Waals surface area contributed by atoms with Gasteiger partial charge in [0, 0.05) is 6.54 Å². The van der Waals surface area contributed by atoms with Crippen LogP contribution in [0.5, 0.6) is 0 Å². The number of nitrogens with one attached hydrogen (secondary N) is 1. The molecule has 0 amide bonds. The molecule has 0 aliphatic rings. The lowest BCUT2D eigenvalue weighted by atomic mass is 10.1. The number of carbonyl (C=O) groups is 1. The Kier molecular flexibility index (Phi) is 4.75. The summed E-state index contributed by atoms with van der Waals surface area (Å²) < 4.78 is 41.8. The molecule has 1 aromatic rings. The average Bonchev–Trinajstić information content (AvgIpc) is 2.37. The van der Waals surface area contributed by atoms with Crippen molar-refractivity contribution in [3.63, 3.8) is 0 Å². The van der Waals surface area contributed by atoms with E-state index in [1.165, 1.54) is 13.2 Å². The number of rotatable bonds is 4. The molecule has 0 spiro atoms. The molecule has 0 bridgehead atoms. The highest BCUT2D eigenvalue weighted by Crippen LogP contribution is 2.31. The van der Waals surface area contributed by atoms with Crippen LogP contribution in [0.15, 0.2) is 18.2 Å². The summed E-state index contributed by atoms with van der Waals surface area (Å²) in [6, 6.07) is 4.49. The van der Waals surface area contributed by atoms with Crippen molar-refractivity contribution in [3.8, 4) is 6.07 Å². The van der Waals surface area contributed by atoms with Gasteiger partial charge in [0.2, 0.25) is 0 Å². The van der Waals surface area contributed by atoms with E-state index in [0.717, 1.165) is 12.1 Å². The fourth-order valence-electron chi connectivity index (χ4n) is 1.37. The predicted molar refractivity (Wildman–Crippen MR) is 61.3 cm³/mol. The van der Waals surface area contributed by atoms with Gasteiger partial charge in [-0.3, -0.25) is 4.79 Å². The van der Waals surface area contributed by atoms with E-state index in [2.05, 4.69) is 10.1 Å². The van der Waals surface area contributed by atoms with E-state index >= 15 is 0 Å². The van der Waals surface area contributed by atoms with Crippen molar-refractivity contribution >= 4 is 11.7 Å². The Hall–Kier alpha value is -2.23. The lowest BCUT2D eigenvalue weighted by molar-refractivity contribution is -0.140. The highest BCUT2D eigenvalue weighted by molar-refractivity contribution is 5.70. The fourth-order valence-corrected chi connectivity index (χ4v) is 1.37. The van der Waals surface area contributed by atoms with Crippen LogP contribution < -0.4 is 5.32 Å². The van der Waals surface area contributed by atoms with E-state index in [-0.39, 0.29) is 24.2 Å². The predicted octanol–water partition coefficient (Wildman–Crippen LogP) is 2.55. The minimum absolute atomic E-state index is 0.0579. The van der Waals surface area contributed by atoms with Crippen LogP contribution >= 0.6 is 0 Å². The van der Waals surface area contributed by atoms with Crippen LogP contribution in [0.3, 0.4) is 0 Å². The van der Waals surface area contributed by atoms with Gasteiger partial charge in [0.15, 0.2) is 0 Å². The number of ether oxygens (including phenoxy) is 1. The molecule has 0 saturated carbocycles. The SMILES string of the molecule is COC(=O)CCNc1ccc(C(F)(F)F)cc1C#N. The summed E-state index contributed by atoms with van der Waals surface area (Å²) in [5.74, 6) is -0.446. The Morgan fingerprint density at radius 3 is 2.68 bits per heavy atom. The number of nitrogens with zero attached hydrogens (tertiary/aromatic N) is 1. The summed E-state index contributed by atoms with van der Waals surface area (Å²) in [5.41, 5.74) is -0.762. The molecule has 102 valence electrons. The number of benzene rings is 1. The van der Waals surface area contributed by atoms with E-state index in [1.54, 1.807) is 6.07 Å². The molecule has 0 aliphatic heterocycles. The molecule has 0 heterocycles. The number of methoxy groups -OCH3 is 1. The number of esters is 1. The average molecular weight is 272 g/mol. The molecule has 1 aromatic carbocycles. The maximum atomic E-state index is 12.4. The van der Waals surface area contributed by atoms with Crippen LogP contribution in [-0.2, 0) is 15.7 Å². The van der Waals surface area contributed by atoms with Crippen LogP contribution in [0.1, 0.15) is 17.5 Å². The summed E-state index contributed by atoms with van der Waals surface area (Å²) in [6.45, 7) is 0.173. The molecule has 0 saturated heterocycles. The van der Waals surface area contributed by atoms with Gasteiger partial charge >= 0.3 is 12.1 Å². The number of carbonyl (C=O) groups excluding carboxylic acids is 1. The molecular formula is C12H11F3N2O2. The van der Waals surface area contributed by atoms with E-state index in [1.807, 2.05) is 0 Å². The molecule has 1 rings (SSSR count). The summed E-state index contributed by atoms with van der Waals surface area (Å²) in [7, 11) is 1.24. The Morgan fingerprint density at radius 1 is 1.47 bits per heavy atom. The molecule has 0 atom stereocenters. The first-order valence-electron chi connectivity index (χ1n) is 5.30. The van der Waals surface area contributed by atoms with E-state index in [0.29, 0.717) is 0 Å². The van der Waals surface area contributed by atoms with Crippen molar-refractivity contribution in [2.45, 2.75) is 12.6 Å². The lowest BCUT2D eigenvalue weighted by Crippen LogP contribution is -2.11. The fraction of sp³-hybridized carbons (Fsp3) is 0.333. The van der Waals surface area contributed by atoms with Crippen LogP contribution in [0.25, 0.3) is 0 Å². The van der Waals surface area contributed by atoms with Crippen LogP contribution in [0, 0.1) is 11.3 Å². The summed E-state index contributed by atoms with van der Waals surface area (Å²) in [6.07, 6.45) is -4.43. The Labute approximate surface area is 107 Å². The van der Waals surface area contributed by atoms with Crippen molar-refractivity contribution in [3.05, 3.63) is 29.3 Å². The summed E-state index contributed by atoms with van der Waals surface area (Å²) in [4.78, 5) is 10.9. The Morgan fingerprint density at radius 2 is 2.16 bits per heavy atom. The summed E-state index contributed by atoms with van der Waals surface area (Å²) >= 11 is 0. The third-order valence-corrected chi connectivity index (χ3v) is 2.34. The van der Waals surface area contributed by atoms with Crippen molar-refractivity contribution in [2.24, 2.45) is 0 Å². The van der Waals surface area contributed by atoms with Crippen molar-refractivity contribution in [1.82, 2.24) is 0 Å². The van der Waals surface area contributed by atoms with E-state index in [4.69, 9.17) is 5.26 Å². The topological polar surface area (TPSA) is 62.1 Å². The zero-order valence-corrected chi connectivity index (χ0v) is 10.0. The van der Waals surface area contributed by atoms with Gasteiger partial charge in [0.05, 0.1) is 30.3 Å². The zero-order chi connectivity index (χ0) is 14.5. The molecular weight excluding hydrogens is 261 g/mol. The number of alkyl halides is 3. The van der Waals surface area contributed by atoms with Gasteiger partial charge in [-0.2, -0.15) is 18.4 Å². The Balaban J connectivity index is 2.80. The molecule has 0 unspecified atom stereocenters. The van der Waals surface area contributed by atoms with Crippen molar-refractivity contribution in [1.29, 1.82) is 5.26 Å². The van der Waals surface area contributed by atoms with Crippen LogP contribution in [0.2, 0.25) is 0 Å². The molecule has 19 heavy (non-hydrogen) atoms. The van der Waals surface area contributed by atoms with Crippen molar-refractivity contribution in [2.75, 3.05) is 19.0 Å². The van der Waals surface area contributed by atoms with Gasteiger partial charge in [-0.05, 0) is 18.2 Å². The van der Waals surface area contributed by atoms with Gasteiger partial charge < -0.3 is 10.1 Å². The Bertz CT molecular complexity index is 507. The van der Waals surface area contributed by atoms with Crippen molar-refractivity contribution < 1.29 is 22.7 Å². The van der Waals surface area contributed by atoms with Gasteiger partial charge in [0.25, 0.3) is 0 Å². The quantitative estimate of drug-likeness (QED) is 0.856. The molecule has 0 fully saturated rings. The third kappa shape index (κ3) is 4.17. The minimum Gasteiger partial charge on any atom is -0.469 e. The minimum atomic E-state index is -4.49. The first-order chi connectivity index (χ1) is 8.88. The molecule has 0 radical (unpaired) electrons. The standard InChI is InChI=1S/C12H11F3N2O2/c1-19-11(18)4-5-17-10-3-2-9(12(13,14)15)6-8(10)7-16/h2-3,6,17H,4-5H2,1H3. The second kappa shape index (κ2) is 6.09. The van der Waals surface area contributed by atoms with E-state index in [9.17, 15) is 18.0 Å². The largest absolute Gasteiger partial charge is 0.469 e. The van der Waals surface area contributed by atoms with Gasteiger partial charge in [-0.1, -0.05) is 0 Å². The monoisotopic (exact) mass is 272 g/mol. The number of anilines is 1. The number of halogens is 3. The maximum absolute atomic E-state index is 12.4. The first-order valence-corrected chi connectivity index (χ1v) is 5.30. The third-order valence-electron chi connectivity index (χ3n) is 2.34. The van der Waals surface area contributed by atoms with Gasteiger partial charge in [0.1, 0.15) is 6.07 Å². The number of nitriles is 1.